The van der Waals surface area contributed by atoms with Crippen molar-refractivity contribution < 1.29 is 9.53 Å². The molecular formula is C19H25N3O2S. The summed E-state index contributed by atoms with van der Waals surface area (Å²) in [4.78, 5) is 19.4. The first-order valence-electron chi connectivity index (χ1n) is 9.25. The molecular weight excluding hydrogens is 334 g/mol. The number of hydrogen-bond donors (Lipinski definition) is 1. The van der Waals surface area contributed by atoms with Crippen molar-refractivity contribution in [1.82, 2.24) is 15.2 Å². The van der Waals surface area contributed by atoms with Crippen molar-refractivity contribution in [2.45, 2.75) is 31.7 Å². The molecule has 2 fully saturated rings. The van der Waals surface area contributed by atoms with Gasteiger partial charge in [0.15, 0.2) is 5.01 Å². The molecule has 0 atom stereocenters. The lowest BCUT2D eigenvalue weighted by Gasteiger charge is -2.39. The summed E-state index contributed by atoms with van der Waals surface area (Å²) in [6.45, 7) is 4.86. The number of piperidine rings is 1. The van der Waals surface area contributed by atoms with E-state index in [1.54, 1.807) is 0 Å². The van der Waals surface area contributed by atoms with Gasteiger partial charge in [-0.15, -0.1) is 11.3 Å². The van der Waals surface area contributed by atoms with Gasteiger partial charge in [-0.05, 0) is 56.8 Å². The molecule has 2 aliphatic rings. The first-order chi connectivity index (χ1) is 12.3. The molecule has 5 nitrogen and oxygen atoms in total. The normalized spacial score (nSPS) is 20.8. The molecule has 0 saturated carbocycles. The van der Waals surface area contributed by atoms with Gasteiger partial charge in [-0.3, -0.25) is 4.79 Å². The van der Waals surface area contributed by atoms with Crippen LogP contribution in [0.2, 0.25) is 0 Å². The summed E-state index contributed by atoms with van der Waals surface area (Å²) in [5, 5.41) is 3.66. The Morgan fingerprint density at radius 1 is 1.20 bits per heavy atom. The van der Waals surface area contributed by atoms with Crippen LogP contribution in [0.5, 0.6) is 0 Å². The summed E-state index contributed by atoms with van der Waals surface area (Å²) in [5.41, 5.74) is 0.905. The number of fused-ring (bicyclic) bond motifs is 1. The van der Waals surface area contributed by atoms with Gasteiger partial charge < -0.3 is 15.0 Å². The second-order valence-electron chi connectivity index (χ2n) is 7.02. The Bertz CT molecular complexity index is 685. The Morgan fingerprint density at radius 2 is 1.96 bits per heavy atom. The molecule has 1 aromatic heterocycles. The van der Waals surface area contributed by atoms with Gasteiger partial charge in [0.05, 0.1) is 10.2 Å². The number of rotatable bonds is 4. The predicted molar refractivity (Wildman–Crippen MR) is 100 cm³/mol. The maximum absolute atomic E-state index is 12.4. The number of nitrogens with zero attached hydrogens (tertiary/aromatic N) is 2. The van der Waals surface area contributed by atoms with Crippen molar-refractivity contribution in [3.63, 3.8) is 0 Å². The van der Waals surface area contributed by atoms with E-state index in [0.29, 0.717) is 17.0 Å². The number of para-hydroxylation sites is 1. The molecule has 0 aliphatic carbocycles. The lowest BCUT2D eigenvalue weighted by Crippen LogP contribution is -2.45. The largest absolute Gasteiger partial charge is 0.381 e. The van der Waals surface area contributed by atoms with Gasteiger partial charge in [0.25, 0.3) is 5.91 Å². The SMILES string of the molecule is O=C(NCC1CCN(C2CCOCC2)CC1)c1nc2ccccc2s1. The minimum Gasteiger partial charge on any atom is -0.381 e. The zero-order chi connectivity index (χ0) is 17.1. The maximum Gasteiger partial charge on any atom is 0.280 e. The summed E-state index contributed by atoms with van der Waals surface area (Å²) in [6.07, 6.45) is 4.66. The van der Waals surface area contributed by atoms with E-state index < -0.39 is 0 Å². The van der Waals surface area contributed by atoms with Crippen molar-refractivity contribution in [3.05, 3.63) is 29.3 Å². The van der Waals surface area contributed by atoms with Gasteiger partial charge in [-0.1, -0.05) is 12.1 Å². The summed E-state index contributed by atoms with van der Waals surface area (Å²) in [5.74, 6) is 0.544. The Labute approximate surface area is 152 Å². The molecule has 2 aromatic rings. The van der Waals surface area contributed by atoms with Crippen LogP contribution in [-0.4, -0.2) is 54.7 Å². The summed E-state index contributed by atoms with van der Waals surface area (Å²) < 4.78 is 6.53. The fourth-order valence-electron chi connectivity index (χ4n) is 3.85. The van der Waals surface area contributed by atoms with E-state index in [-0.39, 0.29) is 5.91 Å². The van der Waals surface area contributed by atoms with E-state index in [1.807, 2.05) is 24.3 Å². The topological polar surface area (TPSA) is 54.5 Å². The van der Waals surface area contributed by atoms with E-state index >= 15 is 0 Å². The summed E-state index contributed by atoms with van der Waals surface area (Å²) in [6, 6.07) is 8.60. The highest BCUT2D eigenvalue weighted by molar-refractivity contribution is 7.20. The third-order valence-corrected chi connectivity index (χ3v) is 6.43. The third kappa shape index (κ3) is 4.02. The monoisotopic (exact) mass is 359 g/mol. The number of aromatic nitrogens is 1. The van der Waals surface area contributed by atoms with E-state index in [2.05, 4.69) is 15.2 Å². The van der Waals surface area contributed by atoms with Crippen LogP contribution in [0, 0.1) is 5.92 Å². The molecule has 2 saturated heterocycles. The molecule has 3 heterocycles. The first kappa shape index (κ1) is 16.9. The third-order valence-electron chi connectivity index (χ3n) is 5.40. The fourth-order valence-corrected chi connectivity index (χ4v) is 4.74. The van der Waals surface area contributed by atoms with Crippen LogP contribution in [0.4, 0.5) is 0 Å². The smallest absolute Gasteiger partial charge is 0.280 e. The molecule has 0 bridgehead atoms. The number of ether oxygens (including phenoxy) is 1. The van der Waals surface area contributed by atoms with Gasteiger partial charge in [-0.25, -0.2) is 4.98 Å². The highest BCUT2D eigenvalue weighted by atomic mass is 32.1. The van der Waals surface area contributed by atoms with E-state index in [4.69, 9.17) is 4.74 Å². The minimum absolute atomic E-state index is 0.0342. The standard InChI is InChI=1S/C19H25N3O2S/c23-18(19-21-16-3-1-2-4-17(16)25-19)20-13-14-5-9-22(10-6-14)15-7-11-24-12-8-15/h1-4,14-15H,5-13H2,(H,20,23). The highest BCUT2D eigenvalue weighted by Crippen LogP contribution is 2.24. The Balaban J connectivity index is 1.25. The molecule has 0 radical (unpaired) electrons. The zero-order valence-corrected chi connectivity index (χ0v) is 15.3. The number of benzene rings is 1. The van der Waals surface area contributed by atoms with Gasteiger partial charge in [-0.2, -0.15) is 0 Å². The maximum atomic E-state index is 12.4. The molecule has 1 aromatic carbocycles. The molecule has 2 aliphatic heterocycles. The van der Waals surface area contributed by atoms with E-state index in [1.165, 1.54) is 24.2 Å². The van der Waals surface area contributed by atoms with E-state index in [0.717, 1.165) is 55.9 Å². The molecule has 134 valence electrons. The second kappa shape index (κ2) is 7.81. The molecule has 0 spiro atoms. The number of thiazole rings is 1. The Kier molecular flexibility index (Phi) is 5.29. The van der Waals surface area contributed by atoms with Gasteiger partial charge >= 0.3 is 0 Å². The van der Waals surface area contributed by atoms with Crippen molar-refractivity contribution >= 4 is 27.5 Å². The molecule has 4 rings (SSSR count). The Morgan fingerprint density at radius 3 is 2.72 bits per heavy atom. The summed E-state index contributed by atoms with van der Waals surface area (Å²) in [7, 11) is 0. The zero-order valence-electron chi connectivity index (χ0n) is 14.4. The van der Waals surface area contributed by atoms with Crippen molar-refractivity contribution in [1.29, 1.82) is 0 Å². The lowest BCUT2D eigenvalue weighted by molar-refractivity contribution is 0.0211. The van der Waals surface area contributed by atoms with Crippen LogP contribution in [-0.2, 0) is 4.74 Å². The molecule has 1 N–H and O–H groups in total. The number of likely N-dealkylation sites (tertiary alicyclic amines) is 1. The van der Waals surface area contributed by atoms with Crippen LogP contribution in [0.15, 0.2) is 24.3 Å². The van der Waals surface area contributed by atoms with Gasteiger partial charge in [0, 0.05) is 25.8 Å². The van der Waals surface area contributed by atoms with Gasteiger partial charge in [0.2, 0.25) is 0 Å². The number of amides is 1. The van der Waals surface area contributed by atoms with Crippen LogP contribution >= 0.6 is 11.3 Å². The molecule has 0 unspecified atom stereocenters. The van der Waals surface area contributed by atoms with Crippen LogP contribution in [0.1, 0.15) is 35.5 Å². The number of carbonyl (C=O) groups excluding carboxylic acids is 1. The van der Waals surface area contributed by atoms with Crippen molar-refractivity contribution in [2.24, 2.45) is 5.92 Å². The van der Waals surface area contributed by atoms with Crippen LogP contribution in [0.25, 0.3) is 10.2 Å². The second-order valence-corrected chi connectivity index (χ2v) is 8.05. The number of hydrogen-bond acceptors (Lipinski definition) is 5. The predicted octanol–water partition coefficient (Wildman–Crippen LogP) is 2.92. The van der Waals surface area contributed by atoms with Gasteiger partial charge in [0.1, 0.15) is 0 Å². The van der Waals surface area contributed by atoms with Crippen LogP contribution < -0.4 is 5.32 Å². The minimum atomic E-state index is -0.0342. The van der Waals surface area contributed by atoms with E-state index in [9.17, 15) is 4.79 Å². The number of nitrogens with one attached hydrogen (secondary N) is 1. The first-order valence-corrected chi connectivity index (χ1v) is 10.1. The Hall–Kier alpha value is -1.50. The highest BCUT2D eigenvalue weighted by Gasteiger charge is 2.26. The van der Waals surface area contributed by atoms with Crippen molar-refractivity contribution in [2.75, 3.05) is 32.8 Å². The average molecular weight is 359 g/mol. The number of carbonyl (C=O) groups is 1. The molecule has 1 amide bonds. The summed E-state index contributed by atoms with van der Waals surface area (Å²) >= 11 is 1.47. The lowest BCUT2D eigenvalue weighted by atomic mass is 9.94. The average Bonchev–Trinajstić information content (AvgIpc) is 3.11. The molecule has 25 heavy (non-hydrogen) atoms. The van der Waals surface area contributed by atoms with Crippen molar-refractivity contribution in [3.8, 4) is 0 Å². The fraction of sp³-hybridized carbons (Fsp3) is 0.579. The van der Waals surface area contributed by atoms with Crippen LogP contribution in [0.3, 0.4) is 0 Å². The molecule has 6 heteroatoms. The quantitative estimate of drug-likeness (QED) is 0.912.